The number of hydrogen-bond acceptors (Lipinski definition) is 6. The van der Waals surface area contributed by atoms with E-state index in [4.69, 9.17) is 15.2 Å². The number of allylic oxidation sites excluding steroid dienone is 1. The van der Waals surface area contributed by atoms with Crippen LogP contribution in [0.25, 0.3) is 11.1 Å². The summed E-state index contributed by atoms with van der Waals surface area (Å²) >= 11 is 0. The third kappa shape index (κ3) is 3.47. The van der Waals surface area contributed by atoms with Crippen LogP contribution in [0.1, 0.15) is 26.3 Å². The first kappa shape index (κ1) is 19.6. The van der Waals surface area contributed by atoms with Gasteiger partial charge in [-0.05, 0) is 24.1 Å². The lowest BCUT2D eigenvalue weighted by Crippen LogP contribution is -2.24. The summed E-state index contributed by atoms with van der Waals surface area (Å²) in [5.74, 6) is -2.91. The fourth-order valence-corrected chi connectivity index (χ4v) is 2.83. The van der Waals surface area contributed by atoms with Crippen molar-refractivity contribution in [3.8, 4) is 22.6 Å². The number of aromatic carboxylic acids is 2. The number of aromatic nitrogens is 1. The maximum atomic E-state index is 12.2. The van der Waals surface area contributed by atoms with Crippen molar-refractivity contribution in [1.82, 2.24) is 4.98 Å². The molecule has 1 heterocycles. The van der Waals surface area contributed by atoms with Gasteiger partial charge < -0.3 is 30.4 Å². The van der Waals surface area contributed by atoms with Crippen LogP contribution in [-0.4, -0.2) is 41.4 Å². The molecule has 0 saturated carbocycles. The number of carboxylic acids is 2. The van der Waals surface area contributed by atoms with E-state index in [1.807, 2.05) is 0 Å². The molecule has 9 nitrogen and oxygen atoms in total. The summed E-state index contributed by atoms with van der Waals surface area (Å²) in [7, 11) is 2.81. The van der Waals surface area contributed by atoms with Gasteiger partial charge in [-0.1, -0.05) is 6.08 Å². The van der Waals surface area contributed by atoms with E-state index in [2.05, 4.69) is 11.6 Å². The number of methoxy groups -OCH3 is 2. The number of anilines is 1. The van der Waals surface area contributed by atoms with Gasteiger partial charge in [0.2, 0.25) is 0 Å². The molecule has 0 unspecified atom stereocenters. The number of nitrogen functional groups attached to an aromatic ring is 1. The number of aromatic amines is 1. The molecule has 0 aliphatic carbocycles. The van der Waals surface area contributed by atoms with Crippen LogP contribution in [0.3, 0.4) is 0 Å². The molecule has 0 aliphatic rings. The van der Waals surface area contributed by atoms with Crippen LogP contribution in [0, 0.1) is 0 Å². The van der Waals surface area contributed by atoms with Crippen molar-refractivity contribution in [1.29, 1.82) is 0 Å². The van der Waals surface area contributed by atoms with Crippen molar-refractivity contribution in [3.05, 3.63) is 51.8 Å². The largest absolute Gasteiger partial charge is 0.493 e. The Bertz CT molecular complexity index is 992. The molecule has 0 fully saturated rings. The van der Waals surface area contributed by atoms with Crippen molar-refractivity contribution in [2.75, 3.05) is 20.0 Å². The van der Waals surface area contributed by atoms with E-state index in [0.717, 1.165) is 0 Å². The summed E-state index contributed by atoms with van der Waals surface area (Å²) in [5.41, 5.74) is 3.76. The number of nitrogens with two attached hydrogens (primary N) is 1. The lowest BCUT2D eigenvalue weighted by Gasteiger charge is -2.17. The van der Waals surface area contributed by atoms with Crippen LogP contribution in [0.4, 0.5) is 5.82 Å². The molecule has 5 N–H and O–H groups in total. The predicted octanol–water partition coefficient (Wildman–Crippen LogP) is 1.77. The number of nitrogens with one attached hydrogen (secondary N) is 1. The van der Waals surface area contributed by atoms with Crippen molar-refractivity contribution < 1.29 is 29.3 Å². The SMILES string of the molecule is C=CCc1cc(-c2c(C(=O)O)c(N)[nH]c(=O)c2C(=O)O)cc(OC)c1OC. The molecular weight excluding hydrogens is 356 g/mol. The zero-order chi connectivity index (χ0) is 20.3. The number of carboxylic acid groups (broad SMARTS) is 2. The normalized spacial score (nSPS) is 10.3. The van der Waals surface area contributed by atoms with Crippen LogP contribution >= 0.6 is 0 Å². The predicted molar refractivity (Wildman–Crippen MR) is 97.8 cm³/mol. The van der Waals surface area contributed by atoms with Gasteiger partial charge in [0, 0.05) is 11.1 Å². The molecule has 0 saturated heterocycles. The number of benzene rings is 1. The number of hydrogen-bond donors (Lipinski definition) is 4. The van der Waals surface area contributed by atoms with E-state index in [9.17, 15) is 24.6 Å². The highest BCUT2D eigenvalue weighted by Crippen LogP contribution is 2.39. The Balaban J connectivity index is 3.02. The average molecular weight is 374 g/mol. The van der Waals surface area contributed by atoms with Gasteiger partial charge in [0.25, 0.3) is 5.56 Å². The molecular formula is C18H18N2O7. The summed E-state index contributed by atoms with van der Waals surface area (Å²) in [6.45, 7) is 3.65. The van der Waals surface area contributed by atoms with Crippen LogP contribution in [-0.2, 0) is 6.42 Å². The minimum atomic E-state index is -1.59. The second-order valence-electron chi connectivity index (χ2n) is 5.47. The lowest BCUT2D eigenvalue weighted by molar-refractivity contribution is 0.0695. The van der Waals surface area contributed by atoms with Crippen molar-refractivity contribution in [2.45, 2.75) is 6.42 Å². The van der Waals surface area contributed by atoms with Crippen LogP contribution < -0.4 is 20.8 Å². The van der Waals surface area contributed by atoms with Crippen molar-refractivity contribution in [2.24, 2.45) is 0 Å². The highest BCUT2D eigenvalue weighted by molar-refractivity contribution is 6.07. The minimum Gasteiger partial charge on any atom is -0.493 e. The van der Waals surface area contributed by atoms with E-state index in [0.29, 0.717) is 17.7 Å². The molecule has 1 aromatic heterocycles. The van der Waals surface area contributed by atoms with Gasteiger partial charge in [-0.3, -0.25) is 4.79 Å². The van der Waals surface area contributed by atoms with Gasteiger partial charge >= 0.3 is 11.9 Å². The zero-order valence-electron chi connectivity index (χ0n) is 14.7. The number of H-pyrrole nitrogens is 1. The third-order valence-electron chi connectivity index (χ3n) is 3.88. The first-order valence-corrected chi connectivity index (χ1v) is 7.65. The monoisotopic (exact) mass is 374 g/mol. The molecule has 142 valence electrons. The van der Waals surface area contributed by atoms with Crippen LogP contribution in [0.5, 0.6) is 11.5 Å². The van der Waals surface area contributed by atoms with Gasteiger partial charge in [-0.2, -0.15) is 0 Å². The highest BCUT2D eigenvalue weighted by Gasteiger charge is 2.28. The maximum Gasteiger partial charge on any atom is 0.342 e. The standard InChI is InChI=1S/C18H18N2O7/c1-4-5-8-6-9(7-10(26-2)14(8)27-3)11-12(17(22)23)15(19)20-16(21)13(11)18(24)25/h4,6-7H,1,5H2,2-3H3,(H,22,23)(H,24,25)(H3,19,20,21). The minimum absolute atomic E-state index is 0.136. The summed E-state index contributed by atoms with van der Waals surface area (Å²) < 4.78 is 10.6. The summed E-state index contributed by atoms with van der Waals surface area (Å²) in [6, 6.07) is 2.90. The molecule has 0 spiro atoms. The molecule has 0 atom stereocenters. The van der Waals surface area contributed by atoms with E-state index >= 15 is 0 Å². The first-order chi connectivity index (χ1) is 12.8. The molecule has 0 amide bonds. The van der Waals surface area contributed by atoms with Gasteiger partial charge in [0.15, 0.2) is 11.5 Å². The number of carbonyl (C=O) groups is 2. The molecule has 2 rings (SSSR count). The summed E-state index contributed by atoms with van der Waals surface area (Å²) in [5, 5.41) is 19.0. The molecule has 27 heavy (non-hydrogen) atoms. The Kier molecular flexibility index (Phi) is 5.54. The van der Waals surface area contributed by atoms with Crippen LogP contribution in [0.15, 0.2) is 29.6 Å². The van der Waals surface area contributed by atoms with E-state index < -0.39 is 34.4 Å². The lowest BCUT2D eigenvalue weighted by atomic mass is 9.93. The fourth-order valence-electron chi connectivity index (χ4n) is 2.83. The molecule has 0 aliphatic heterocycles. The van der Waals surface area contributed by atoms with E-state index in [1.54, 1.807) is 6.08 Å². The molecule has 1 aromatic carbocycles. The van der Waals surface area contributed by atoms with E-state index in [-0.39, 0.29) is 16.9 Å². The Labute approximate surface area is 153 Å². The Morgan fingerprint density at radius 3 is 2.30 bits per heavy atom. The fraction of sp³-hybridized carbons (Fsp3) is 0.167. The highest BCUT2D eigenvalue weighted by atomic mass is 16.5. The third-order valence-corrected chi connectivity index (χ3v) is 3.88. The molecule has 2 aromatic rings. The second-order valence-corrected chi connectivity index (χ2v) is 5.47. The first-order valence-electron chi connectivity index (χ1n) is 7.65. The Morgan fingerprint density at radius 2 is 1.81 bits per heavy atom. The van der Waals surface area contributed by atoms with Gasteiger partial charge in [-0.15, -0.1) is 6.58 Å². The number of ether oxygens (including phenoxy) is 2. The Morgan fingerprint density at radius 1 is 1.19 bits per heavy atom. The molecule has 0 bridgehead atoms. The van der Waals surface area contributed by atoms with Crippen molar-refractivity contribution >= 4 is 17.8 Å². The van der Waals surface area contributed by atoms with Crippen molar-refractivity contribution in [3.63, 3.8) is 0 Å². The summed E-state index contributed by atoms with van der Waals surface area (Å²) in [4.78, 5) is 37.6. The quantitative estimate of drug-likeness (QED) is 0.535. The van der Waals surface area contributed by atoms with Gasteiger partial charge in [-0.25, -0.2) is 9.59 Å². The topological polar surface area (TPSA) is 152 Å². The number of rotatable bonds is 7. The van der Waals surface area contributed by atoms with Crippen LogP contribution in [0.2, 0.25) is 0 Å². The average Bonchev–Trinajstić information content (AvgIpc) is 2.59. The molecule has 9 heteroatoms. The Hall–Kier alpha value is -3.75. The van der Waals surface area contributed by atoms with Gasteiger partial charge in [0.05, 0.1) is 14.2 Å². The zero-order valence-corrected chi connectivity index (χ0v) is 14.7. The van der Waals surface area contributed by atoms with Gasteiger partial charge in [0.1, 0.15) is 16.9 Å². The number of pyridine rings is 1. The second kappa shape index (κ2) is 7.65. The summed E-state index contributed by atoms with van der Waals surface area (Å²) in [6.07, 6.45) is 1.92. The van der Waals surface area contributed by atoms with E-state index in [1.165, 1.54) is 26.4 Å². The molecule has 0 radical (unpaired) electrons. The smallest absolute Gasteiger partial charge is 0.342 e. The maximum absolute atomic E-state index is 12.2.